The monoisotopic (exact) mass is 254 g/mol. The van der Waals surface area contributed by atoms with Gasteiger partial charge in [0.15, 0.2) is 0 Å². The molecule has 1 aliphatic heterocycles. The Balaban J connectivity index is 1.99. The first kappa shape index (κ1) is 10.8. The molecule has 0 amide bonds. The summed E-state index contributed by atoms with van der Waals surface area (Å²) in [5.74, 6) is 1.15. The zero-order valence-electron chi connectivity index (χ0n) is 10.4. The summed E-state index contributed by atoms with van der Waals surface area (Å²) in [6.07, 6.45) is 2.14. The summed E-state index contributed by atoms with van der Waals surface area (Å²) >= 11 is 0. The van der Waals surface area contributed by atoms with Crippen LogP contribution in [0, 0.1) is 0 Å². The molecule has 1 atom stereocenters. The standard InChI is InChI=1S/C15H14N2O2/c18-12-8-11-14(10-5-2-1-4-9(10)12)17-15(16-11)13-6-3-7-19-13/h1-2,4-5,8,13,18H,3,6-7H2,(H,16,17). The van der Waals surface area contributed by atoms with Gasteiger partial charge in [-0.2, -0.15) is 0 Å². The molecule has 0 radical (unpaired) electrons. The van der Waals surface area contributed by atoms with Crippen molar-refractivity contribution in [1.29, 1.82) is 0 Å². The van der Waals surface area contributed by atoms with Crippen LogP contribution in [0.15, 0.2) is 30.3 Å². The molecule has 2 aromatic carbocycles. The molecule has 19 heavy (non-hydrogen) atoms. The fourth-order valence-electron chi connectivity index (χ4n) is 2.79. The van der Waals surface area contributed by atoms with Gasteiger partial charge in [-0.15, -0.1) is 0 Å². The van der Waals surface area contributed by atoms with Crippen LogP contribution in [0.5, 0.6) is 5.75 Å². The maximum Gasteiger partial charge on any atom is 0.136 e. The first-order valence-electron chi connectivity index (χ1n) is 6.55. The largest absolute Gasteiger partial charge is 0.507 e. The summed E-state index contributed by atoms with van der Waals surface area (Å²) < 4.78 is 5.65. The molecule has 3 aromatic rings. The number of ether oxygens (including phenoxy) is 1. The second-order valence-electron chi connectivity index (χ2n) is 4.96. The fraction of sp³-hybridized carbons (Fsp3) is 0.267. The van der Waals surface area contributed by atoms with Crippen molar-refractivity contribution in [2.45, 2.75) is 18.9 Å². The molecule has 1 saturated heterocycles. The molecule has 1 aromatic heterocycles. The van der Waals surface area contributed by atoms with Gasteiger partial charge in [-0.3, -0.25) is 0 Å². The SMILES string of the molecule is Oc1cc2[nH]c(C3CCCO3)nc2c2ccccc12. The average molecular weight is 254 g/mol. The third-order valence-electron chi connectivity index (χ3n) is 3.72. The second kappa shape index (κ2) is 3.96. The van der Waals surface area contributed by atoms with E-state index in [4.69, 9.17) is 4.74 Å². The van der Waals surface area contributed by atoms with Crippen molar-refractivity contribution < 1.29 is 9.84 Å². The van der Waals surface area contributed by atoms with Gasteiger partial charge in [0.1, 0.15) is 17.7 Å². The zero-order valence-corrected chi connectivity index (χ0v) is 10.4. The lowest BCUT2D eigenvalue weighted by atomic mass is 10.1. The lowest BCUT2D eigenvalue weighted by Gasteiger charge is -2.03. The van der Waals surface area contributed by atoms with Gasteiger partial charge in [0.05, 0.1) is 11.0 Å². The molecule has 1 aliphatic rings. The van der Waals surface area contributed by atoms with E-state index in [1.54, 1.807) is 6.07 Å². The highest BCUT2D eigenvalue weighted by molar-refractivity contribution is 6.07. The zero-order chi connectivity index (χ0) is 12.8. The van der Waals surface area contributed by atoms with Crippen molar-refractivity contribution >= 4 is 21.8 Å². The van der Waals surface area contributed by atoms with Crippen LogP contribution in [0.2, 0.25) is 0 Å². The number of aromatic nitrogens is 2. The van der Waals surface area contributed by atoms with Gasteiger partial charge in [0.25, 0.3) is 0 Å². The van der Waals surface area contributed by atoms with E-state index >= 15 is 0 Å². The quantitative estimate of drug-likeness (QED) is 0.700. The number of phenols is 1. The van der Waals surface area contributed by atoms with Crippen LogP contribution in [-0.4, -0.2) is 21.7 Å². The average Bonchev–Trinajstić information content (AvgIpc) is 3.07. The van der Waals surface area contributed by atoms with Crippen LogP contribution >= 0.6 is 0 Å². The molecular weight excluding hydrogens is 240 g/mol. The lowest BCUT2D eigenvalue weighted by Crippen LogP contribution is -1.97. The predicted molar refractivity (Wildman–Crippen MR) is 73.2 cm³/mol. The van der Waals surface area contributed by atoms with E-state index < -0.39 is 0 Å². The molecule has 2 N–H and O–H groups in total. The van der Waals surface area contributed by atoms with Crippen molar-refractivity contribution in [3.8, 4) is 5.75 Å². The van der Waals surface area contributed by atoms with E-state index in [1.807, 2.05) is 24.3 Å². The Morgan fingerprint density at radius 3 is 2.89 bits per heavy atom. The summed E-state index contributed by atoms with van der Waals surface area (Å²) in [6, 6.07) is 9.51. The number of benzene rings is 2. The fourth-order valence-corrected chi connectivity index (χ4v) is 2.79. The number of hydrogen-bond donors (Lipinski definition) is 2. The number of aromatic hydroxyl groups is 1. The Morgan fingerprint density at radius 1 is 1.26 bits per heavy atom. The first-order chi connectivity index (χ1) is 9.33. The molecule has 1 fully saturated rings. The van der Waals surface area contributed by atoms with Gasteiger partial charge in [0.2, 0.25) is 0 Å². The van der Waals surface area contributed by atoms with Gasteiger partial charge in [0, 0.05) is 23.4 Å². The number of rotatable bonds is 1. The Bertz CT molecular complexity index is 757. The molecule has 1 unspecified atom stereocenters. The van der Waals surface area contributed by atoms with Crippen molar-refractivity contribution in [3.63, 3.8) is 0 Å². The Kier molecular flexibility index (Phi) is 2.26. The highest BCUT2D eigenvalue weighted by Crippen LogP contribution is 2.34. The number of phenolic OH excluding ortho intramolecular Hbond substituents is 1. The first-order valence-corrected chi connectivity index (χ1v) is 6.55. The van der Waals surface area contributed by atoms with Gasteiger partial charge in [-0.25, -0.2) is 4.98 Å². The van der Waals surface area contributed by atoms with E-state index in [0.717, 1.165) is 47.1 Å². The van der Waals surface area contributed by atoms with Gasteiger partial charge in [-0.1, -0.05) is 24.3 Å². The summed E-state index contributed by atoms with van der Waals surface area (Å²) in [5.41, 5.74) is 1.76. The van der Waals surface area contributed by atoms with Crippen LogP contribution < -0.4 is 0 Å². The molecule has 4 heteroatoms. The highest BCUT2D eigenvalue weighted by Gasteiger charge is 2.21. The lowest BCUT2D eigenvalue weighted by molar-refractivity contribution is 0.106. The molecule has 0 aliphatic carbocycles. The Morgan fingerprint density at radius 2 is 2.11 bits per heavy atom. The van der Waals surface area contributed by atoms with Crippen molar-refractivity contribution in [2.24, 2.45) is 0 Å². The minimum atomic E-state index is 0.0632. The van der Waals surface area contributed by atoms with E-state index in [9.17, 15) is 5.11 Å². The number of H-pyrrole nitrogens is 1. The number of nitrogens with zero attached hydrogens (tertiary/aromatic N) is 1. The summed E-state index contributed by atoms with van der Waals surface area (Å²) in [4.78, 5) is 7.95. The van der Waals surface area contributed by atoms with Gasteiger partial charge < -0.3 is 14.8 Å². The van der Waals surface area contributed by atoms with Crippen LogP contribution in [0.4, 0.5) is 0 Å². The molecule has 2 heterocycles. The second-order valence-corrected chi connectivity index (χ2v) is 4.96. The smallest absolute Gasteiger partial charge is 0.136 e. The number of aromatic amines is 1. The predicted octanol–water partition coefficient (Wildman–Crippen LogP) is 3.27. The number of fused-ring (bicyclic) bond motifs is 3. The number of hydrogen-bond acceptors (Lipinski definition) is 3. The summed E-state index contributed by atoms with van der Waals surface area (Å²) in [7, 11) is 0. The summed E-state index contributed by atoms with van der Waals surface area (Å²) in [5, 5.41) is 11.9. The maximum atomic E-state index is 10.1. The molecule has 4 nitrogen and oxygen atoms in total. The van der Waals surface area contributed by atoms with E-state index in [2.05, 4.69) is 9.97 Å². The van der Waals surface area contributed by atoms with Gasteiger partial charge in [-0.05, 0) is 12.8 Å². The minimum Gasteiger partial charge on any atom is -0.507 e. The van der Waals surface area contributed by atoms with E-state index in [-0.39, 0.29) is 11.9 Å². The highest BCUT2D eigenvalue weighted by atomic mass is 16.5. The molecule has 0 bridgehead atoms. The molecule has 0 saturated carbocycles. The number of nitrogens with one attached hydrogen (secondary N) is 1. The van der Waals surface area contributed by atoms with Crippen LogP contribution in [-0.2, 0) is 4.74 Å². The molecule has 96 valence electrons. The van der Waals surface area contributed by atoms with Crippen molar-refractivity contribution in [1.82, 2.24) is 9.97 Å². The minimum absolute atomic E-state index is 0.0632. The summed E-state index contributed by atoms with van der Waals surface area (Å²) in [6.45, 7) is 0.799. The van der Waals surface area contributed by atoms with E-state index in [1.165, 1.54) is 0 Å². The Labute approximate surface area is 110 Å². The van der Waals surface area contributed by atoms with Crippen LogP contribution in [0.1, 0.15) is 24.8 Å². The molecular formula is C15H14N2O2. The molecule has 0 spiro atoms. The Hall–Kier alpha value is -2.07. The third-order valence-corrected chi connectivity index (χ3v) is 3.72. The maximum absolute atomic E-state index is 10.1. The van der Waals surface area contributed by atoms with Crippen LogP contribution in [0.25, 0.3) is 21.8 Å². The number of imidazole rings is 1. The van der Waals surface area contributed by atoms with Crippen molar-refractivity contribution in [3.05, 3.63) is 36.2 Å². The van der Waals surface area contributed by atoms with Crippen molar-refractivity contribution in [2.75, 3.05) is 6.61 Å². The van der Waals surface area contributed by atoms with Gasteiger partial charge >= 0.3 is 0 Å². The topological polar surface area (TPSA) is 58.1 Å². The normalized spacial score (nSPS) is 19.5. The van der Waals surface area contributed by atoms with E-state index in [0.29, 0.717) is 0 Å². The molecule has 4 rings (SSSR count). The third kappa shape index (κ3) is 1.60. The van der Waals surface area contributed by atoms with Crippen LogP contribution in [0.3, 0.4) is 0 Å².